The SMILES string of the molecule is NC(Cc1ccc2ccccc2n1)CC1CCC1. The van der Waals surface area contributed by atoms with Gasteiger partial charge in [-0.05, 0) is 24.5 Å². The molecule has 18 heavy (non-hydrogen) atoms. The first kappa shape index (κ1) is 11.7. The maximum Gasteiger partial charge on any atom is 0.0705 e. The van der Waals surface area contributed by atoms with Crippen LogP contribution in [0.15, 0.2) is 36.4 Å². The second-order valence-corrected chi connectivity index (χ2v) is 5.49. The van der Waals surface area contributed by atoms with Crippen molar-refractivity contribution in [2.75, 3.05) is 0 Å². The van der Waals surface area contributed by atoms with Crippen LogP contribution in [0, 0.1) is 5.92 Å². The van der Waals surface area contributed by atoms with Crippen molar-refractivity contribution in [3.63, 3.8) is 0 Å². The van der Waals surface area contributed by atoms with Crippen LogP contribution in [0.3, 0.4) is 0 Å². The summed E-state index contributed by atoms with van der Waals surface area (Å²) >= 11 is 0. The first-order chi connectivity index (χ1) is 8.81. The third kappa shape index (κ3) is 2.54. The highest BCUT2D eigenvalue weighted by atomic mass is 14.7. The van der Waals surface area contributed by atoms with Gasteiger partial charge in [-0.2, -0.15) is 0 Å². The van der Waals surface area contributed by atoms with Crippen molar-refractivity contribution >= 4 is 10.9 Å². The number of pyridine rings is 1. The lowest BCUT2D eigenvalue weighted by Crippen LogP contribution is -2.28. The first-order valence-electron chi connectivity index (χ1n) is 6.91. The molecule has 1 aromatic carbocycles. The van der Waals surface area contributed by atoms with Gasteiger partial charge in [-0.25, -0.2) is 0 Å². The lowest BCUT2D eigenvalue weighted by atomic mass is 9.80. The zero-order valence-corrected chi connectivity index (χ0v) is 10.7. The molecule has 1 atom stereocenters. The molecule has 0 amide bonds. The standard InChI is InChI=1S/C16H20N2/c17-14(10-12-4-3-5-12)11-15-9-8-13-6-1-2-7-16(13)18-15/h1-2,6-9,12,14H,3-5,10-11,17H2. The Morgan fingerprint density at radius 2 is 2.00 bits per heavy atom. The molecule has 1 fully saturated rings. The molecule has 0 saturated heterocycles. The number of aromatic nitrogens is 1. The number of rotatable bonds is 4. The molecular formula is C16H20N2. The summed E-state index contributed by atoms with van der Waals surface area (Å²) in [4.78, 5) is 4.69. The Kier molecular flexibility index (Phi) is 3.28. The molecule has 2 nitrogen and oxygen atoms in total. The Labute approximate surface area is 108 Å². The Morgan fingerprint density at radius 1 is 1.17 bits per heavy atom. The third-order valence-corrected chi connectivity index (χ3v) is 3.99. The van der Waals surface area contributed by atoms with Crippen LogP contribution in [0.4, 0.5) is 0 Å². The van der Waals surface area contributed by atoms with Gasteiger partial charge in [0.25, 0.3) is 0 Å². The van der Waals surface area contributed by atoms with Crippen LogP contribution in [-0.4, -0.2) is 11.0 Å². The molecule has 1 unspecified atom stereocenters. The van der Waals surface area contributed by atoms with Crippen molar-refractivity contribution < 1.29 is 0 Å². The molecule has 1 aliphatic carbocycles. The van der Waals surface area contributed by atoms with Gasteiger partial charge in [-0.3, -0.25) is 4.98 Å². The van der Waals surface area contributed by atoms with E-state index in [1.165, 1.54) is 24.6 Å². The fourth-order valence-corrected chi connectivity index (χ4v) is 2.73. The quantitative estimate of drug-likeness (QED) is 0.890. The monoisotopic (exact) mass is 240 g/mol. The van der Waals surface area contributed by atoms with Gasteiger partial charge in [0, 0.05) is 23.5 Å². The molecule has 1 saturated carbocycles. The van der Waals surface area contributed by atoms with E-state index in [-0.39, 0.29) is 6.04 Å². The molecule has 0 aliphatic heterocycles. The molecule has 2 N–H and O–H groups in total. The van der Waals surface area contributed by atoms with E-state index >= 15 is 0 Å². The van der Waals surface area contributed by atoms with Gasteiger partial charge in [-0.15, -0.1) is 0 Å². The third-order valence-electron chi connectivity index (χ3n) is 3.99. The van der Waals surface area contributed by atoms with Gasteiger partial charge in [-0.1, -0.05) is 43.5 Å². The summed E-state index contributed by atoms with van der Waals surface area (Å²) in [5, 5.41) is 1.20. The summed E-state index contributed by atoms with van der Waals surface area (Å²) in [6, 6.07) is 12.8. The predicted octanol–water partition coefficient (Wildman–Crippen LogP) is 3.29. The summed E-state index contributed by atoms with van der Waals surface area (Å²) in [5.41, 5.74) is 8.42. The minimum Gasteiger partial charge on any atom is -0.327 e. The number of nitrogens with zero attached hydrogens (tertiary/aromatic N) is 1. The Balaban J connectivity index is 1.69. The number of benzene rings is 1. The van der Waals surface area contributed by atoms with Crippen LogP contribution in [0.25, 0.3) is 10.9 Å². The summed E-state index contributed by atoms with van der Waals surface area (Å²) in [6.45, 7) is 0. The fraction of sp³-hybridized carbons (Fsp3) is 0.438. The van der Waals surface area contributed by atoms with Gasteiger partial charge < -0.3 is 5.73 Å². The number of hydrogen-bond acceptors (Lipinski definition) is 2. The van der Waals surface area contributed by atoms with Crippen LogP contribution in [0.1, 0.15) is 31.4 Å². The second-order valence-electron chi connectivity index (χ2n) is 5.49. The van der Waals surface area contributed by atoms with Gasteiger partial charge in [0.05, 0.1) is 5.52 Å². The average Bonchev–Trinajstić information content (AvgIpc) is 2.34. The van der Waals surface area contributed by atoms with Crippen molar-refractivity contribution in [2.24, 2.45) is 11.7 Å². The van der Waals surface area contributed by atoms with Gasteiger partial charge >= 0.3 is 0 Å². The van der Waals surface area contributed by atoms with Crippen LogP contribution < -0.4 is 5.73 Å². The van der Waals surface area contributed by atoms with Crippen molar-refractivity contribution in [3.05, 3.63) is 42.1 Å². The number of nitrogens with two attached hydrogens (primary N) is 1. The van der Waals surface area contributed by atoms with E-state index in [4.69, 9.17) is 5.73 Å². The van der Waals surface area contributed by atoms with Crippen LogP contribution in [-0.2, 0) is 6.42 Å². The number of para-hydroxylation sites is 1. The fourth-order valence-electron chi connectivity index (χ4n) is 2.73. The average molecular weight is 240 g/mol. The maximum absolute atomic E-state index is 6.22. The summed E-state index contributed by atoms with van der Waals surface area (Å²) in [7, 11) is 0. The summed E-state index contributed by atoms with van der Waals surface area (Å²) in [5.74, 6) is 0.875. The molecule has 0 bridgehead atoms. The lowest BCUT2D eigenvalue weighted by molar-refractivity contribution is 0.275. The first-order valence-corrected chi connectivity index (χ1v) is 6.91. The minimum atomic E-state index is 0.268. The Morgan fingerprint density at radius 3 is 2.78 bits per heavy atom. The van der Waals surface area contributed by atoms with Crippen molar-refractivity contribution in [1.82, 2.24) is 4.98 Å². The van der Waals surface area contributed by atoms with E-state index in [0.29, 0.717) is 0 Å². The zero-order chi connectivity index (χ0) is 12.4. The van der Waals surface area contributed by atoms with Crippen LogP contribution in [0.2, 0.25) is 0 Å². The highest BCUT2D eigenvalue weighted by Crippen LogP contribution is 2.30. The van der Waals surface area contributed by atoms with E-state index in [0.717, 1.165) is 30.0 Å². The second kappa shape index (κ2) is 5.07. The molecular weight excluding hydrogens is 220 g/mol. The minimum absolute atomic E-state index is 0.268. The Bertz CT molecular complexity index is 531. The lowest BCUT2D eigenvalue weighted by Gasteiger charge is -2.27. The molecule has 1 aliphatic rings. The van der Waals surface area contributed by atoms with Crippen molar-refractivity contribution in [2.45, 2.75) is 38.1 Å². The predicted molar refractivity (Wildman–Crippen MR) is 75.4 cm³/mol. The van der Waals surface area contributed by atoms with E-state index in [9.17, 15) is 0 Å². The highest BCUT2D eigenvalue weighted by Gasteiger charge is 2.20. The largest absolute Gasteiger partial charge is 0.327 e. The normalized spacial score (nSPS) is 17.6. The van der Waals surface area contributed by atoms with Crippen LogP contribution in [0.5, 0.6) is 0 Å². The van der Waals surface area contributed by atoms with Gasteiger partial charge in [0.15, 0.2) is 0 Å². The summed E-state index contributed by atoms with van der Waals surface area (Å²) < 4.78 is 0. The maximum atomic E-state index is 6.22. The summed E-state index contributed by atoms with van der Waals surface area (Å²) in [6.07, 6.45) is 6.21. The highest BCUT2D eigenvalue weighted by molar-refractivity contribution is 5.78. The number of hydrogen-bond donors (Lipinski definition) is 1. The molecule has 2 heteroatoms. The molecule has 2 aromatic rings. The smallest absolute Gasteiger partial charge is 0.0705 e. The van der Waals surface area contributed by atoms with Gasteiger partial charge in [0.1, 0.15) is 0 Å². The molecule has 3 rings (SSSR count). The van der Waals surface area contributed by atoms with E-state index in [1.54, 1.807) is 0 Å². The molecule has 1 aromatic heterocycles. The number of fused-ring (bicyclic) bond motifs is 1. The topological polar surface area (TPSA) is 38.9 Å². The van der Waals surface area contributed by atoms with Crippen molar-refractivity contribution in [1.29, 1.82) is 0 Å². The molecule has 1 heterocycles. The van der Waals surface area contributed by atoms with Crippen LogP contribution >= 0.6 is 0 Å². The Hall–Kier alpha value is -1.41. The van der Waals surface area contributed by atoms with Gasteiger partial charge in [0.2, 0.25) is 0 Å². The van der Waals surface area contributed by atoms with E-state index in [2.05, 4.69) is 29.2 Å². The van der Waals surface area contributed by atoms with E-state index < -0.39 is 0 Å². The van der Waals surface area contributed by atoms with E-state index in [1.807, 2.05) is 12.1 Å². The zero-order valence-electron chi connectivity index (χ0n) is 10.7. The molecule has 0 radical (unpaired) electrons. The molecule has 0 spiro atoms. The molecule has 94 valence electrons. The van der Waals surface area contributed by atoms with Crippen molar-refractivity contribution in [3.8, 4) is 0 Å².